The van der Waals surface area contributed by atoms with E-state index < -0.39 is 10.0 Å². The lowest BCUT2D eigenvalue weighted by Crippen LogP contribution is -2.37. The molecule has 5 nitrogen and oxygen atoms in total. The van der Waals surface area contributed by atoms with Crippen LogP contribution in [-0.4, -0.2) is 58.8 Å². The third kappa shape index (κ3) is 6.35. The second kappa shape index (κ2) is 7.31. The zero-order valence-electron chi connectivity index (χ0n) is 10.9. The molecule has 0 saturated carbocycles. The van der Waals surface area contributed by atoms with Gasteiger partial charge in [0.25, 0.3) is 0 Å². The summed E-state index contributed by atoms with van der Waals surface area (Å²) in [7, 11) is -0.919. The summed E-state index contributed by atoms with van der Waals surface area (Å²) >= 11 is 0. The Labute approximate surface area is 105 Å². The molecule has 1 aliphatic heterocycles. The number of rotatable bonds is 7. The number of nitrogens with zero attached hydrogens (tertiary/aromatic N) is 1. The maximum Gasteiger partial charge on any atom is 0.212 e. The van der Waals surface area contributed by atoms with Crippen LogP contribution in [-0.2, 0) is 10.0 Å². The molecule has 0 spiro atoms. The summed E-state index contributed by atoms with van der Waals surface area (Å²) in [6.07, 6.45) is 2.42. The van der Waals surface area contributed by atoms with E-state index in [2.05, 4.69) is 22.0 Å². The Hall–Kier alpha value is -0.170. The Morgan fingerprint density at radius 1 is 1.29 bits per heavy atom. The quantitative estimate of drug-likeness (QED) is 0.628. The molecule has 6 heteroatoms. The van der Waals surface area contributed by atoms with Crippen molar-refractivity contribution in [2.45, 2.75) is 19.8 Å². The fourth-order valence-corrected chi connectivity index (χ4v) is 3.07. The van der Waals surface area contributed by atoms with Crippen LogP contribution in [0.25, 0.3) is 0 Å². The minimum absolute atomic E-state index is 0.174. The molecule has 1 fully saturated rings. The normalized spacial score (nSPS) is 19.6. The van der Waals surface area contributed by atoms with Crippen LogP contribution in [0.2, 0.25) is 0 Å². The zero-order valence-corrected chi connectivity index (χ0v) is 11.7. The molecule has 102 valence electrons. The van der Waals surface area contributed by atoms with Crippen LogP contribution in [0.4, 0.5) is 0 Å². The van der Waals surface area contributed by atoms with Crippen molar-refractivity contribution in [3.8, 4) is 0 Å². The Morgan fingerprint density at radius 3 is 2.53 bits per heavy atom. The van der Waals surface area contributed by atoms with E-state index in [1.807, 2.05) is 0 Å². The molecule has 0 aromatic heterocycles. The van der Waals surface area contributed by atoms with Gasteiger partial charge in [-0.25, -0.2) is 13.1 Å². The molecule has 1 saturated heterocycles. The highest BCUT2D eigenvalue weighted by Crippen LogP contribution is 2.14. The maximum atomic E-state index is 11.4. The number of hydrogen-bond acceptors (Lipinski definition) is 4. The first kappa shape index (κ1) is 14.9. The van der Waals surface area contributed by atoms with Crippen molar-refractivity contribution in [3.05, 3.63) is 0 Å². The first-order chi connectivity index (χ1) is 8.03. The molecule has 0 atom stereocenters. The van der Waals surface area contributed by atoms with Crippen molar-refractivity contribution >= 4 is 10.0 Å². The van der Waals surface area contributed by atoms with Crippen LogP contribution >= 0.6 is 0 Å². The van der Waals surface area contributed by atoms with Crippen molar-refractivity contribution in [3.63, 3.8) is 0 Å². The highest BCUT2D eigenvalue weighted by atomic mass is 32.2. The zero-order chi connectivity index (χ0) is 12.7. The van der Waals surface area contributed by atoms with Crippen LogP contribution in [0, 0.1) is 5.92 Å². The SMILES string of the molecule is CCNS(=O)(=O)CCNCC1CCN(C)CC1. The standard InChI is InChI=1S/C11H25N3O2S/c1-3-13-17(15,16)9-6-12-10-11-4-7-14(2)8-5-11/h11-13H,3-10H2,1-2H3. The van der Waals surface area contributed by atoms with Gasteiger partial charge in [0.1, 0.15) is 0 Å². The second-order valence-electron chi connectivity index (χ2n) is 4.77. The molecule has 1 rings (SSSR count). The predicted octanol–water partition coefficient (Wildman–Crippen LogP) is -0.143. The van der Waals surface area contributed by atoms with Crippen molar-refractivity contribution in [1.82, 2.24) is 14.9 Å². The first-order valence-electron chi connectivity index (χ1n) is 6.40. The smallest absolute Gasteiger partial charge is 0.212 e. The van der Waals surface area contributed by atoms with Gasteiger partial charge in [0.05, 0.1) is 5.75 Å². The Balaban J connectivity index is 2.08. The van der Waals surface area contributed by atoms with E-state index in [4.69, 9.17) is 0 Å². The lowest BCUT2D eigenvalue weighted by molar-refractivity contribution is 0.217. The van der Waals surface area contributed by atoms with E-state index in [9.17, 15) is 8.42 Å². The van der Waals surface area contributed by atoms with Crippen molar-refractivity contribution in [2.75, 3.05) is 45.5 Å². The van der Waals surface area contributed by atoms with Gasteiger partial charge in [0.15, 0.2) is 0 Å². The van der Waals surface area contributed by atoms with E-state index in [1.54, 1.807) is 6.92 Å². The summed E-state index contributed by atoms with van der Waals surface area (Å²) < 4.78 is 25.2. The summed E-state index contributed by atoms with van der Waals surface area (Å²) in [4.78, 5) is 2.34. The minimum Gasteiger partial charge on any atom is -0.315 e. The summed E-state index contributed by atoms with van der Waals surface area (Å²) in [5.74, 6) is 0.876. The van der Waals surface area contributed by atoms with E-state index in [0.29, 0.717) is 19.0 Å². The summed E-state index contributed by atoms with van der Waals surface area (Å²) in [5.41, 5.74) is 0. The Morgan fingerprint density at radius 2 is 1.94 bits per heavy atom. The molecule has 0 unspecified atom stereocenters. The molecule has 1 heterocycles. The van der Waals surface area contributed by atoms with Gasteiger partial charge in [-0.15, -0.1) is 0 Å². The van der Waals surface area contributed by atoms with E-state index >= 15 is 0 Å². The molecular weight excluding hydrogens is 238 g/mol. The van der Waals surface area contributed by atoms with Gasteiger partial charge in [0.2, 0.25) is 10.0 Å². The number of sulfonamides is 1. The minimum atomic E-state index is -3.06. The summed E-state index contributed by atoms with van der Waals surface area (Å²) in [6, 6.07) is 0. The van der Waals surface area contributed by atoms with E-state index in [-0.39, 0.29) is 5.75 Å². The number of likely N-dealkylation sites (tertiary alicyclic amines) is 1. The highest BCUT2D eigenvalue weighted by molar-refractivity contribution is 7.89. The molecule has 2 N–H and O–H groups in total. The van der Waals surface area contributed by atoms with Crippen LogP contribution in [0.5, 0.6) is 0 Å². The first-order valence-corrected chi connectivity index (χ1v) is 8.05. The van der Waals surface area contributed by atoms with Gasteiger partial charge in [-0.3, -0.25) is 0 Å². The third-order valence-electron chi connectivity index (χ3n) is 3.18. The molecule has 1 aliphatic rings. The van der Waals surface area contributed by atoms with E-state index in [0.717, 1.165) is 19.6 Å². The predicted molar refractivity (Wildman–Crippen MR) is 70.6 cm³/mol. The van der Waals surface area contributed by atoms with E-state index in [1.165, 1.54) is 12.8 Å². The number of nitrogens with one attached hydrogen (secondary N) is 2. The average Bonchev–Trinajstić information content (AvgIpc) is 2.27. The molecular formula is C11H25N3O2S. The molecule has 0 radical (unpaired) electrons. The summed E-state index contributed by atoms with van der Waals surface area (Å²) in [5, 5.41) is 3.25. The largest absolute Gasteiger partial charge is 0.315 e. The fraction of sp³-hybridized carbons (Fsp3) is 1.00. The van der Waals surface area contributed by atoms with Crippen molar-refractivity contribution < 1.29 is 8.42 Å². The maximum absolute atomic E-state index is 11.4. The molecule has 17 heavy (non-hydrogen) atoms. The monoisotopic (exact) mass is 263 g/mol. The Bertz CT molecular complexity index is 298. The Kier molecular flexibility index (Phi) is 6.40. The van der Waals surface area contributed by atoms with Crippen LogP contribution in [0.1, 0.15) is 19.8 Å². The van der Waals surface area contributed by atoms with Gasteiger partial charge in [-0.1, -0.05) is 6.92 Å². The molecule has 0 bridgehead atoms. The lowest BCUT2D eigenvalue weighted by Gasteiger charge is -2.29. The van der Waals surface area contributed by atoms with Gasteiger partial charge >= 0.3 is 0 Å². The number of piperidine rings is 1. The average molecular weight is 263 g/mol. The van der Waals surface area contributed by atoms with Gasteiger partial charge in [-0.05, 0) is 45.4 Å². The van der Waals surface area contributed by atoms with Crippen LogP contribution in [0.15, 0.2) is 0 Å². The summed E-state index contributed by atoms with van der Waals surface area (Å²) in [6.45, 7) is 6.06. The van der Waals surface area contributed by atoms with Crippen molar-refractivity contribution in [2.24, 2.45) is 5.92 Å². The molecule has 0 aromatic rings. The van der Waals surface area contributed by atoms with Gasteiger partial charge < -0.3 is 10.2 Å². The molecule has 0 aromatic carbocycles. The molecule has 0 amide bonds. The second-order valence-corrected chi connectivity index (χ2v) is 6.69. The van der Waals surface area contributed by atoms with Gasteiger partial charge in [-0.2, -0.15) is 0 Å². The molecule has 0 aliphatic carbocycles. The van der Waals surface area contributed by atoms with Crippen LogP contribution < -0.4 is 10.0 Å². The number of hydrogen-bond donors (Lipinski definition) is 2. The van der Waals surface area contributed by atoms with Crippen molar-refractivity contribution in [1.29, 1.82) is 0 Å². The fourth-order valence-electron chi connectivity index (χ4n) is 2.07. The van der Waals surface area contributed by atoms with Gasteiger partial charge in [0, 0.05) is 13.1 Å². The third-order valence-corrected chi connectivity index (χ3v) is 4.65. The topological polar surface area (TPSA) is 61.4 Å². The highest BCUT2D eigenvalue weighted by Gasteiger charge is 2.16. The van der Waals surface area contributed by atoms with Crippen LogP contribution in [0.3, 0.4) is 0 Å². The lowest BCUT2D eigenvalue weighted by atomic mass is 9.97.